The summed E-state index contributed by atoms with van der Waals surface area (Å²) in [5.41, 5.74) is 5.25. The smallest absolute Gasteiger partial charge is 0.318 e. The van der Waals surface area contributed by atoms with Crippen LogP contribution in [0.1, 0.15) is 13.3 Å². The van der Waals surface area contributed by atoms with Gasteiger partial charge in [-0.05, 0) is 6.42 Å². The summed E-state index contributed by atoms with van der Waals surface area (Å²) >= 11 is 0. The predicted molar refractivity (Wildman–Crippen MR) is 66.6 cm³/mol. The average molecular weight is 291 g/mol. The number of rotatable bonds is 3. The summed E-state index contributed by atoms with van der Waals surface area (Å²) in [7, 11) is -3.14. The monoisotopic (exact) mass is 291 g/mol. The molecule has 0 saturated carbocycles. The molecule has 1 saturated heterocycles. The molecule has 1 atom stereocenters. The number of carbonyl (C=O) groups is 3. The number of sulfone groups is 1. The molecule has 0 aliphatic carbocycles. The third-order valence-electron chi connectivity index (χ3n) is 2.74. The van der Waals surface area contributed by atoms with E-state index in [4.69, 9.17) is 5.73 Å². The molecular weight excluding hydrogens is 274 g/mol. The van der Waals surface area contributed by atoms with Crippen molar-refractivity contribution in [1.82, 2.24) is 10.2 Å². The molecule has 1 unspecified atom stereocenters. The van der Waals surface area contributed by atoms with E-state index in [1.54, 1.807) is 0 Å². The van der Waals surface area contributed by atoms with Crippen LogP contribution in [0.4, 0.5) is 0 Å². The summed E-state index contributed by atoms with van der Waals surface area (Å²) in [6, 6.07) is -0.576. The normalized spacial score (nSPS) is 20.8. The van der Waals surface area contributed by atoms with Crippen LogP contribution >= 0.6 is 0 Å². The number of amides is 3. The molecule has 1 fully saturated rings. The minimum absolute atomic E-state index is 0.00857. The quantitative estimate of drug-likeness (QED) is 0.559. The lowest BCUT2D eigenvalue weighted by atomic mass is 10.2. The van der Waals surface area contributed by atoms with Crippen molar-refractivity contribution in [2.24, 2.45) is 5.73 Å². The van der Waals surface area contributed by atoms with Crippen LogP contribution in [0.25, 0.3) is 0 Å². The van der Waals surface area contributed by atoms with Crippen LogP contribution in [-0.4, -0.2) is 61.7 Å². The molecule has 0 bridgehead atoms. The van der Waals surface area contributed by atoms with E-state index in [0.717, 1.165) is 11.8 Å². The summed E-state index contributed by atoms with van der Waals surface area (Å²) in [5.74, 6) is -2.76. The van der Waals surface area contributed by atoms with Gasteiger partial charge in [-0.25, -0.2) is 8.42 Å². The van der Waals surface area contributed by atoms with Gasteiger partial charge in [-0.2, -0.15) is 0 Å². The topological polar surface area (TPSA) is 127 Å². The Morgan fingerprint density at radius 3 is 2.42 bits per heavy atom. The molecule has 1 aliphatic heterocycles. The molecule has 0 aromatic heterocycles. The van der Waals surface area contributed by atoms with Gasteiger partial charge in [0.25, 0.3) is 0 Å². The summed E-state index contributed by atoms with van der Waals surface area (Å²) in [5, 5.41) is 2.33. The number of nitrogens with two attached hydrogens (primary N) is 1. The van der Waals surface area contributed by atoms with Crippen molar-refractivity contribution < 1.29 is 22.8 Å². The minimum Gasteiger partial charge on any atom is -0.344 e. The van der Waals surface area contributed by atoms with Gasteiger partial charge in [-0.3, -0.25) is 19.3 Å². The van der Waals surface area contributed by atoms with E-state index in [1.165, 1.54) is 0 Å². The Bertz CT molecular complexity index is 487. The third-order valence-corrected chi connectivity index (χ3v) is 4.51. The lowest BCUT2D eigenvalue weighted by Gasteiger charge is -2.18. The van der Waals surface area contributed by atoms with Gasteiger partial charge in [-0.1, -0.05) is 0 Å². The van der Waals surface area contributed by atoms with Crippen molar-refractivity contribution in [3.8, 4) is 0 Å². The maximum Gasteiger partial charge on any atom is 0.318 e. The second-order valence-corrected chi connectivity index (χ2v) is 6.57. The SMILES string of the molecule is CC(=O)N(CCN)C(=O)C(=O)NC1CCS(=O)(=O)C1. The molecule has 108 valence electrons. The van der Waals surface area contributed by atoms with E-state index in [2.05, 4.69) is 5.32 Å². The van der Waals surface area contributed by atoms with Crippen LogP contribution in [0.3, 0.4) is 0 Å². The van der Waals surface area contributed by atoms with Crippen molar-refractivity contribution in [1.29, 1.82) is 0 Å². The lowest BCUT2D eigenvalue weighted by molar-refractivity contribution is -0.151. The Morgan fingerprint density at radius 1 is 1.37 bits per heavy atom. The molecule has 8 nitrogen and oxygen atoms in total. The van der Waals surface area contributed by atoms with E-state index in [9.17, 15) is 22.8 Å². The van der Waals surface area contributed by atoms with Crippen LogP contribution in [-0.2, 0) is 24.2 Å². The fraction of sp³-hybridized carbons (Fsp3) is 0.700. The Morgan fingerprint density at radius 2 is 2.00 bits per heavy atom. The molecule has 9 heteroatoms. The number of imide groups is 1. The molecule has 19 heavy (non-hydrogen) atoms. The summed E-state index contributed by atoms with van der Waals surface area (Å²) < 4.78 is 22.4. The van der Waals surface area contributed by atoms with Gasteiger partial charge in [0.2, 0.25) is 5.91 Å². The Kier molecular flexibility index (Phi) is 5.01. The molecule has 0 spiro atoms. The van der Waals surface area contributed by atoms with Gasteiger partial charge in [0.05, 0.1) is 11.5 Å². The second kappa shape index (κ2) is 6.11. The molecule has 0 aromatic carbocycles. The number of nitrogens with one attached hydrogen (secondary N) is 1. The van der Waals surface area contributed by atoms with Gasteiger partial charge >= 0.3 is 11.8 Å². The van der Waals surface area contributed by atoms with Gasteiger partial charge in [0.15, 0.2) is 9.84 Å². The fourth-order valence-electron chi connectivity index (χ4n) is 1.81. The fourth-order valence-corrected chi connectivity index (χ4v) is 3.48. The molecule has 3 amide bonds. The van der Waals surface area contributed by atoms with Crippen LogP contribution < -0.4 is 11.1 Å². The zero-order chi connectivity index (χ0) is 14.6. The Balaban J connectivity index is 2.62. The lowest BCUT2D eigenvalue weighted by Crippen LogP contribution is -2.49. The number of nitrogens with zero attached hydrogens (tertiary/aromatic N) is 1. The third kappa shape index (κ3) is 4.28. The van der Waals surface area contributed by atoms with Gasteiger partial charge < -0.3 is 11.1 Å². The number of hydrogen-bond acceptors (Lipinski definition) is 6. The minimum atomic E-state index is -3.14. The van der Waals surface area contributed by atoms with Crippen LogP contribution in [0, 0.1) is 0 Å². The molecule has 1 heterocycles. The summed E-state index contributed by atoms with van der Waals surface area (Å²) in [6.07, 6.45) is 0.276. The zero-order valence-corrected chi connectivity index (χ0v) is 11.4. The van der Waals surface area contributed by atoms with E-state index in [-0.39, 0.29) is 31.0 Å². The van der Waals surface area contributed by atoms with E-state index >= 15 is 0 Å². The van der Waals surface area contributed by atoms with Crippen LogP contribution in [0.2, 0.25) is 0 Å². The first kappa shape index (κ1) is 15.6. The zero-order valence-electron chi connectivity index (χ0n) is 10.6. The molecule has 1 aliphatic rings. The molecule has 1 rings (SSSR count). The second-order valence-electron chi connectivity index (χ2n) is 4.34. The standard InChI is InChI=1S/C10H17N3O5S/c1-7(14)13(4-3-11)10(16)9(15)12-8-2-5-19(17,18)6-8/h8H,2-6,11H2,1H3,(H,12,15). The van der Waals surface area contributed by atoms with Crippen molar-refractivity contribution >= 4 is 27.6 Å². The van der Waals surface area contributed by atoms with Gasteiger partial charge in [0, 0.05) is 26.1 Å². The highest BCUT2D eigenvalue weighted by Crippen LogP contribution is 2.11. The van der Waals surface area contributed by atoms with Crippen molar-refractivity contribution in [2.45, 2.75) is 19.4 Å². The largest absolute Gasteiger partial charge is 0.344 e. The summed E-state index contributed by atoms with van der Waals surface area (Å²) in [6.45, 7) is 1.15. The van der Waals surface area contributed by atoms with Crippen molar-refractivity contribution in [3.63, 3.8) is 0 Å². The predicted octanol–water partition coefficient (Wildman–Crippen LogP) is -2.38. The number of carbonyl (C=O) groups excluding carboxylic acids is 3. The molecule has 3 N–H and O–H groups in total. The van der Waals surface area contributed by atoms with Crippen LogP contribution in [0.5, 0.6) is 0 Å². The maximum absolute atomic E-state index is 11.7. The average Bonchev–Trinajstić information content (AvgIpc) is 2.64. The van der Waals surface area contributed by atoms with E-state index in [0.29, 0.717) is 0 Å². The Labute approximate surface area is 111 Å². The van der Waals surface area contributed by atoms with Gasteiger partial charge in [-0.15, -0.1) is 0 Å². The van der Waals surface area contributed by atoms with Gasteiger partial charge in [0.1, 0.15) is 0 Å². The van der Waals surface area contributed by atoms with Crippen LogP contribution in [0.15, 0.2) is 0 Å². The Hall–Kier alpha value is -1.48. The number of hydrogen-bond donors (Lipinski definition) is 2. The van der Waals surface area contributed by atoms with E-state index in [1.807, 2.05) is 0 Å². The highest BCUT2D eigenvalue weighted by Gasteiger charge is 2.32. The highest BCUT2D eigenvalue weighted by molar-refractivity contribution is 7.91. The maximum atomic E-state index is 11.7. The highest BCUT2D eigenvalue weighted by atomic mass is 32.2. The first-order valence-corrected chi connectivity index (χ1v) is 7.62. The first-order valence-electron chi connectivity index (χ1n) is 5.80. The molecule has 0 aromatic rings. The van der Waals surface area contributed by atoms with Crippen molar-refractivity contribution in [3.05, 3.63) is 0 Å². The molecular formula is C10H17N3O5S. The van der Waals surface area contributed by atoms with E-state index < -0.39 is 33.6 Å². The molecule has 0 radical (unpaired) electrons. The summed E-state index contributed by atoms with van der Waals surface area (Å²) in [4.78, 5) is 35.3. The van der Waals surface area contributed by atoms with Crippen molar-refractivity contribution in [2.75, 3.05) is 24.6 Å². The first-order chi connectivity index (χ1) is 8.76.